The summed E-state index contributed by atoms with van der Waals surface area (Å²) in [6.07, 6.45) is 1.10. The van der Waals surface area contributed by atoms with Gasteiger partial charge in [0.2, 0.25) is 0 Å². The molecule has 0 saturated heterocycles. The molecule has 2 aromatic heterocycles. The minimum Gasteiger partial charge on any atom is -0.387 e. The van der Waals surface area contributed by atoms with E-state index in [4.69, 9.17) is 0 Å². The van der Waals surface area contributed by atoms with E-state index < -0.39 is 17.4 Å². The Morgan fingerprint density at radius 3 is 2.61 bits per heavy atom. The molecule has 18 heavy (non-hydrogen) atoms. The van der Waals surface area contributed by atoms with E-state index in [1.807, 2.05) is 0 Å². The molecular formula is C11H14N4O3. The van der Waals surface area contributed by atoms with Crippen molar-refractivity contribution in [2.75, 3.05) is 0 Å². The summed E-state index contributed by atoms with van der Waals surface area (Å²) in [7, 11) is 2.91. The Kier molecular flexibility index (Phi) is 3.00. The second-order valence-electron chi connectivity index (χ2n) is 4.10. The highest BCUT2D eigenvalue weighted by Gasteiger charge is 2.14. The van der Waals surface area contributed by atoms with E-state index in [9.17, 15) is 14.7 Å². The highest BCUT2D eigenvalue weighted by atomic mass is 16.3. The zero-order valence-corrected chi connectivity index (χ0v) is 10.4. The largest absolute Gasteiger partial charge is 0.387 e. The zero-order valence-electron chi connectivity index (χ0n) is 10.4. The molecule has 0 spiro atoms. The monoisotopic (exact) mass is 250 g/mol. The van der Waals surface area contributed by atoms with Crippen LogP contribution in [-0.4, -0.2) is 24.2 Å². The highest BCUT2D eigenvalue weighted by Crippen LogP contribution is 2.13. The quantitative estimate of drug-likeness (QED) is 0.773. The minimum atomic E-state index is -0.760. The summed E-state index contributed by atoms with van der Waals surface area (Å²) in [6, 6.07) is 0. The van der Waals surface area contributed by atoms with Crippen molar-refractivity contribution in [1.82, 2.24) is 19.1 Å². The fraction of sp³-hybridized carbons (Fsp3) is 0.455. The first-order chi connectivity index (χ1) is 8.47. The molecule has 96 valence electrons. The first-order valence-electron chi connectivity index (χ1n) is 5.58. The van der Waals surface area contributed by atoms with Gasteiger partial charge in [0.1, 0.15) is 0 Å². The molecule has 0 saturated carbocycles. The van der Waals surface area contributed by atoms with E-state index in [1.165, 1.54) is 24.9 Å². The van der Waals surface area contributed by atoms with Crippen LogP contribution in [0.15, 0.2) is 15.8 Å². The van der Waals surface area contributed by atoms with Gasteiger partial charge >= 0.3 is 5.69 Å². The van der Waals surface area contributed by atoms with Crippen LogP contribution in [0.5, 0.6) is 0 Å². The van der Waals surface area contributed by atoms with Crippen molar-refractivity contribution in [3.63, 3.8) is 0 Å². The first-order valence-corrected chi connectivity index (χ1v) is 5.58. The van der Waals surface area contributed by atoms with E-state index in [0.717, 1.165) is 4.57 Å². The summed E-state index contributed by atoms with van der Waals surface area (Å²) in [5, 5.41) is 9.69. The van der Waals surface area contributed by atoms with E-state index in [0.29, 0.717) is 12.1 Å². The lowest BCUT2D eigenvalue weighted by Crippen LogP contribution is -2.37. The van der Waals surface area contributed by atoms with Gasteiger partial charge in [-0.15, -0.1) is 0 Å². The Balaban J connectivity index is 2.87. The van der Waals surface area contributed by atoms with Gasteiger partial charge in [-0.05, 0) is 6.42 Å². The number of rotatable bonds is 2. The van der Waals surface area contributed by atoms with Gasteiger partial charge in [0.25, 0.3) is 5.56 Å². The summed E-state index contributed by atoms with van der Waals surface area (Å²) in [5.41, 5.74) is -0.322. The second-order valence-corrected chi connectivity index (χ2v) is 4.10. The Hall–Kier alpha value is -2.02. The molecular weight excluding hydrogens is 236 g/mol. The lowest BCUT2D eigenvalue weighted by molar-refractivity contribution is 0.169. The number of fused-ring (bicyclic) bond motifs is 1. The van der Waals surface area contributed by atoms with Gasteiger partial charge in [0.05, 0.1) is 18.0 Å². The van der Waals surface area contributed by atoms with Crippen molar-refractivity contribution in [3.8, 4) is 0 Å². The van der Waals surface area contributed by atoms with Crippen LogP contribution in [0.25, 0.3) is 11.2 Å². The molecule has 0 radical (unpaired) electrons. The van der Waals surface area contributed by atoms with Crippen LogP contribution in [-0.2, 0) is 14.1 Å². The lowest BCUT2D eigenvalue weighted by atomic mass is 10.2. The third-order valence-electron chi connectivity index (χ3n) is 2.90. The van der Waals surface area contributed by atoms with Crippen molar-refractivity contribution in [2.45, 2.75) is 19.4 Å². The van der Waals surface area contributed by atoms with Gasteiger partial charge in [0.15, 0.2) is 11.2 Å². The SMILES string of the molecule is CCC(O)c1cnc2c(n1)c(=O)n(C)c(=O)n2C. The Labute approximate surface area is 102 Å². The van der Waals surface area contributed by atoms with Crippen LogP contribution in [0.4, 0.5) is 0 Å². The summed E-state index contributed by atoms with van der Waals surface area (Å²) in [4.78, 5) is 31.8. The van der Waals surface area contributed by atoms with E-state index in [-0.39, 0.29) is 11.2 Å². The van der Waals surface area contributed by atoms with Gasteiger partial charge in [-0.1, -0.05) is 6.92 Å². The fourth-order valence-electron chi connectivity index (χ4n) is 1.72. The molecule has 0 aromatic carbocycles. The maximum atomic E-state index is 11.9. The number of hydrogen-bond donors (Lipinski definition) is 1. The third-order valence-corrected chi connectivity index (χ3v) is 2.90. The molecule has 0 bridgehead atoms. The molecule has 0 fully saturated rings. The van der Waals surface area contributed by atoms with Crippen LogP contribution in [0.1, 0.15) is 25.1 Å². The maximum Gasteiger partial charge on any atom is 0.332 e. The Bertz CT molecular complexity index is 717. The molecule has 2 rings (SSSR count). The van der Waals surface area contributed by atoms with Gasteiger partial charge < -0.3 is 5.11 Å². The molecule has 1 atom stereocenters. The summed E-state index contributed by atoms with van der Waals surface area (Å²) < 4.78 is 2.23. The maximum absolute atomic E-state index is 11.9. The van der Waals surface area contributed by atoms with Crippen LogP contribution in [0.2, 0.25) is 0 Å². The van der Waals surface area contributed by atoms with Crippen molar-refractivity contribution in [1.29, 1.82) is 0 Å². The van der Waals surface area contributed by atoms with Crippen molar-refractivity contribution in [2.24, 2.45) is 14.1 Å². The number of hydrogen-bond acceptors (Lipinski definition) is 5. The molecule has 7 nitrogen and oxygen atoms in total. The zero-order chi connectivity index (χ0) is 13.4. The molecule has 1 unspecified atom stereocenters. The number of aliphatic hydroxyl groups excluding tert-OH is 1. The number of aryl methyl sites for hydroxylation is 1. The minimum absolute atomic E-state index is 0.0876. The molecule has 1 N–H and O–H groups in total. The van der Waals surface area contributed by atoms with Crippen LogP contribution in [0.3, 0.4) is 0 Å². The van der Waals surface area contributed by atoms with E-state index >= 15 is 0 Å². The summed E-state index contributed by atoms with van der Waals surface area (Å²) >= 11 is 0. The van der Waals surface area contributed by atoms with Crippen LogP contribution >= 0.6 is 0 Å². The van der Waals surface area contributed by atoms with Gasteiger partial charge in [0, 0.05) is 14.1 Å². The van der Waals surface area contributed by atoms with Crippen LogP contribution < -0.4 is 11.2 Å². The average Bonchev–Trinajstić information content (AvgIpc) is 2.41. The number of aliphatic hydroxyl groups is 1. The Morgan fingerprint density at radius 1 is 1.33 bits per heavy atom. The Morgan fingerprint density at radius 2 is 2.00 bits per heavy atom. The molecule has 2 aromatic rings. The first kappa shape index (κ1) is 12.4. The average molecular weight is 250 g/mol. The second kappa shape index (κ2) is 4.34. The standard InChI is InChI=1S/C11H14N4O3/c1-4-7(16)6-5-12-9-8(13-6)10(17)15(3)11(18)14(9)2/h5,7,16H,4H2,1-3H3. The third kappa shape index (κ3) is 1.72. The highest BCUT2D eigenvalue weighted by molar-refractivity contribution is 5.68. The van der Waals surface area contributed by atoms with Crippen molar-refractivity contribution < 1.29 is 5.11 Å². The molecule has 0 aliphatic rings. The number of aromatic nitrogens is 4. The van der Waals surface area contributed by atoms with Gasteiger partial charge in [-0.2, -0.15) is 0 Å². The molecule has 0 aliphatic heterocycles. The summed E-state index contributed by atoms with van der Waals surface area (Å²) in [5.74, 6) is 0. The number of nitrogens with zero attached hydrogens (tertiary/aromatic N) is 4. The predicted molar refractivity (Wildman–Crippen MR) is 65.3 cm³/mol. The smallest absolute Gasteiger partial charge is 0.332 e. The fourth-order valence-corrected chi connectivity index (χ4v) is 1.72. The van der Waals surface area contributed by atoms with Gasteiger partial charge in [-0.3, -0.25) is 13.9 Å². The normalized spacial score (nSPS) is 12.9. The van der Waals surface area contributed by atoms with E-state index in [1.54, 1.807) is 6.92 Å². The lowest BCUT2D eigenvalue weighted by Gasteiger charge is -2.09. The van der Waals surface area contributed by atoms with E-state index in [2.05, 4.69) is 9.97 Å². The topological polar surface area (TPSA) is 90.0 Å². The van der Waals surface area contributed by atoms with Crippen LogP contribution in [0, 0.1) is 0 Å². The van der Waals surface area contributed by atoms with Crippen molar-refractivity contribution in [3.05, 3.63) is 32.7 Å². The van der Waals surface area contributed by atoms with Crippen molar-refractivity contribution >= 4 is 11.2 Å². The molecule has 0 aliphatic carbocycles. The molecule has 2 heterocycles. The van der Waals surface area contributed by atoms with Gasteiger partial charge in [-0.25, -0.2) is 14.8 Å². The molecule has 0 amide bonds. The predicted octanol–water partition coefficient (Wildman–Crippen LogP) is -0.529. The molecule has 7 heteroatoms. The summed E-state index contributed by atoms with van der Waals surface area (Å²) in [6.45, 7) is 1.80.